The lowest BCUT2D eigenvalue weighted by Gasteiger charge is -2.06. The number of hydrogen-bond acceptors (Lipinski definition) is 2. The number of benzene rings is 1. The van der Waals surface area contributed by atoms with E-state index in [0.29, 0.717) is 16.1 Å². The first-order chi connectivity index (χ1) is 6.20. The number of rotatable bonds is 2. The molecule has 0 N–H and O–H groups in total. The third-order valence-corrected chi connectivity index (χ3v) is 2.27. The summed E-state index contributed by atoms with van der Waals surface area (Å²) in [4.78, 5) is 10.5. The number of carbonyl (C=O) groups is 1. The Hall–Kier alpha value is -1.33. The Morgan fingerprint density at radius 2 is 2.31 bits per heavy atom. The van der Waals surface area contributed by atoms with Crippen molar-refractivity contribution in [3.63, 3.8) is 0 Å². The molecule has 1 atom stereocenters. The third kappa shape index (κ3) is 1.88. The molecule has 1 rings (SSSR count). The Kier molecular flexibility index (Phi) is 3.05. The number of carbonyl (C=O) groups excluding carboxylic acids is 1. The fourth-order valence-corrected chi connectivity index (χ4v) is 1.40. The average Bonchev–Trinajstić information content (AvgIpc) is 2.17. The maximum absolute atomic E-state index is 10.5. The second-order valence-corrected chi connectivity index (χ2v) is 3.12. The van der Waals surface area contributed by atoms with Gasteiger partial charge in [-0.3, -0.25) is 0 Å². The van der Waals surface area contributed by atoms with Gasteiger partial charge in [-0.15, -0.1) is 0 Å². The lowest BCUT2D eigenvalue weighted by Crippen LogP contribution is -1.96. The van der Waals surface area contributed by atoms with Crippen molar-refractivity contribution in [1.82, 2.24) is 0 Å². The minimum Gasteiger partial charge on any atom is -0.303 e. The number of nitriles is 1. The fraction of sp³-hybridized carbons (Fsp3) is 0.200. The van der Waals surface area contributed by atoms with E-state index in [-0.39, 0.29) is 5.92 Å². The zero-order valence-corrected chi connectivity index (χ0v) is 7.88. The molecule has 0 saturated heterocycles. The van der Waals surface area contributed by atoms with E-state index in [1.54, 1.807) is 25.1 Å². The Balaban J connectivity index is 3.25. The Bertz CT molecular complexity index is 368. The van der Waals surface area contributed by atoms with Crippen LogP contribution in [0.15, 0.2) is 18.2 Å². The third-order valence-electron chi connectivity index (χ3n) is 1.84. The SMILES string of the molecule is CC(C=O)c1cccc(C#N)c1Cl. The highest BCUT2D eigenvalue weighted by Gasteiger charge is 2.10. The first kappa shape index (κ1) is 9.76. The van der Waals surface area contributed by atoms with Crippen molar-refractivity contribution in [3.8, 4) is 6.07 Å². The summed E-state index contributed by atoms with van der Waals surface area (Å²) in [7, 11) is 0. The molecule has 13 heavy (non-hydrogen) atoms. The zero-order valence-electron chi connectivity index (χ0n) is 7.12. The summed E-state index contributed by atoms with van der Waals surface area (Å²) in [6, 6.07) is 7.07. The van der Waals surface area contributed by atoms with E-state index in [0.717, 1.165) is 6.29 Å². The molecule has 1 aromatic rings. The van der Waals surface area contributed by atoms with Crippen molar-refractivity contribution >= 4 is 17.9 Å². The molecule has 0 radical (unpaired) electrons. The summed E-state index contributed by atoms with van der Waals surface area (Å²) in [6.07, 6.45) is 0.808. The molecule has 1 aromatic carbocycles. The molecular weight excluding hydrogens is 186 g/mol. The Morgan fingerprint density at radius 1 is 1.62 bits per heavy atom. The lowest BCUT2D eigenvalue weighted by molar-refractivity contribution is -0.108. The van der Waals surface area contributed by atoms with Gasteiger partial charge in [0.25, 0.3) is 0 Å². The van der Waals surface area contributed by atoms with Crippen LogP contribution in [-0.2, 0) is 4.79 Å². The fourth-order valence-electron chi connectivity index (χ4n) is 1.06. The van der Waals surface area contributed by atoms with Crippen LogP contribution in [0.2, 0.25) is 5.02 Å². The number of halogens is 1. The predicted octanol–water partition coefficient (Wildman–Crippen LogP) is 2.51. The smallest absolute Gasteiger partial charge is 0.127 e. The molecule has 0 aliphatic carbocycles. The van der Waals surface area contributed by atoms with Gasteiger partial charge < -0.3 is 4.79 Å². The van der Waals surface area contributed by atoms with E-state index in [1.165, 1.54) is 0 Å². The van der Waals surface area contributed by atoms with E-state index in [1.807, 2.05) is 6.07 Å². The summed E-state index contributed by atoms with van der Waals surface area (Å²) in [5, 5.41) is 9.05. The molecule has 3 heteroatoms. The van der Waals surface area contributed by atoms with Crippen LogP contribution >= 0.6 is 11.6 Å². The van der Waals surface area contributed by atoms with Gasteiger partial charge in [0.15, 0.2) is 0 Å². The summed E-state index contributed by atoms with van der Waals surface area (Å²) in [6.45, 7) is 1.75. The largest absolute Gasteiger partial charge is 0.303 e. The Labute approximate surface area is 81.7 Å². The first-order valence-corrected chi connectivity index (χ1v) is 4.22. The summed E-state index contributed by atoms with van der Waals surface area (Å²) in [5.41, 5.74) is 1.11. The highest BCUT2D eigenvalue weighted by atomic mass is 35.5. The molecule has 0 aliphatic rings. The van der Waals surface area contributed by atoms with Crippen molar-refractivity contribution in [1.29, 1.82) is 5.26 Å². The molecule has 0 heterocycles. The molecule has 0 saturated carbocycles. The molecule has 66 valence electrons. The van der Waals surface area contributed by atoms with Gasteiger partial charge in [-0.1, -0.05) is 30.7 Å². The minimum absolute atomic E-state index is 0.263. The number of hydrogen-bond donors (Lipinski definition) is 0. The lowest BCUT2D eigenvalue weighted by atomic mass is 10.0. The van der Waals surface area contributed by atoms with Crippen LogP contribution in [0.1, 0.15) is 24.0 Å². The molecule has 0 spiro atoms. The van der Waals surface area contributed by atoms with Crippen LogP contribution in [0.5, 0.6) is 0 Å². The normalized spacial score (nSPS) is 11.8. The van der Waals surface area contributed by atoms with Gasteiger partial charge >= 0.3 is 0 Å². The maximum atomic E-state index is 10.5. The summed E-state index contributed by atoms with van der Waals surface area (Å²) in [5.74, 6) is -0.263. The highest BCUT2D eigenvalue weighted by molar-refractivity contribution is 6.32. The zero-order chi connectivity index (χ0) is 9.84. The molecular formula is C10H8ClNO. The summed E-state index contributed by atoms with van der Waals surface area (Å²) >= 11 is 5.90. The predicted molar refractivity (Wildman–Crippen MR) is 50.6 cm³/mol. The van der Waals surface area contributed by atoms with Crippen molar-refractivity contribution in [3.05, 3.63) is 34.3 Å². The van der Waals surface area contributed by atoms with Crippen LogP contribution in [-0.4, -0.2) is 6.29 Å². The van der Waals surface area contributed by atoms with Crippen LogP contribution in [0.25, 0.3) is 0 Å². The van der Waals surface area contributed by atoms with E-state index in [2.05, 4.69) is 0 Å². The minimum atomic E-state index is -0.263. The summed E-state index contributed by atoms with van der Waals surface area (Å²) < 4.78 is 0. The average molecular weight is 194 g/mol. The Morgan fingerprint density at radius 3 is 2.85 bits per heavy atom. The van der Waals surface area contributed by atoms with Gasteiger partial charge in [-0.05, 0) is 11.6 Å². The maximum Gasteiger partial charge on any atom is 0.127 e. The second kappa shape index (κ2) is 4.06. The first-order valence-electron chi connectivity index (χ1n) is 3.84. The van der Waals surface area contributed by atoms with Gasteiger partial charge in [-0.25, -0.2) is 0 Å². The van der Waals surface area contributed by atoms with Gasteiger partial charge in [0, 0.05) is 5.92 Å². The van der Waals surface area contributed by atoms with Crippen molar-refractivity contribution in [2.45, 2.75) is 12.8 Å². The molecule has 0 bridgehead atoms. The monoisotopic (exact) mass is 193 g/mol. The van der Waals surface area contributed by atoms with Crippen molar-refractivity contribution < 1.29 is 4.79 Å². The molecule has 0 amide bonds. The topological polar surface area (TPSA) is 40.9 Å². The number of nitrogens with zero attached hydrogens (tertiary/aromatic N) is 1. The molecule has 2 nitrogen and oxygen atoms in total. The van der Waals surface area contributed by atoms with Crippen LogP contribution < -0.4 is 0 Å². The van der Waals surface area contributed by atoms with E-state index < -0.39 is 0 Å². The van der Waals surface area contributed by atoms with Gasteiger partial charge in [0.1, 0.15) is 12.4 Å². The number of aldehydes is 1. The molecule has 0 aliphatic heterocycles. The quantitative estimate of drug-likeness (QED) is 0.678. The van der Waals surface area contributed by atoms with Crippen molar-refractivity contribution in [2.24, 2.45) is 0 Å². The van der Waals surface area contributed by atoms with E-state index in [4.69, 9.17) is 16.9 Å². The van der Waals surface area contributed by atoms with Gasteiger partial charge in [0.2, 0.25) is 0 Å². The van der Waals surface area contributed by atoms with Crippen molar-refractivity contribution in [2.75, 3.05) is 0 Å². The van der Waals surface area contributed by atoms with Gasteiger partial charge in [0.05, 0.1) is 10.6 Å². The van der Waals surface area contributed by atoms with Crippen LogP contribution in [0, 0.1) is 11.3 Å². The van der Waals surface area contributed by atoms with E-state index >= 15 is 0 Å². The highest BCUT2D eigenvalue weighted by Crippen LogP contribution is 2.25. The van der Waals surface area contributed by atoms with Crippen LogP contribution in [0.3, 0.4) is 0 Å². The van der Waals surface area contributed by atoms with Gasteiger partial charge in [-0.2, -0.15) is 5.26 Å². The molecule has 0 aromatic heterocycles. The molecule has 0 fully saturated rings. The second-order valence-electron chi connectivity index (χ2n) is 2.75. The molecule has 1 unspecified atom stereocenters. The van der Waals surface area contributed by atoms with E-state index in [9.17, 15) is 4.79 Å². The van der Waals surface area contributed by atoms with Crippen LogP contribution in [0.4, 0.5) is 0 Å². The standard InChI is InChI=1S/C10H8ClNO/c1-7(6-13)9-4-2-3-8(5-12)10(9)11/h2-4,6-7H,1H3.